The summed E-state index contributed by atoms with van der Waals surface area (Å²) in [6.45, 7) is 6.22. The fraction of sp³-hybridized carbons (Fsp3) is 0.958. The molecule has 30 heavy (non-hydrogen) atoms. The highest BCUT2D eigenvalue weighted by Crippen LogP contribution is 2.71. The number of fused-ring (bicyclic) bond motifs is 5. The first-order valence-corrected chi connectivity index (χ1v) is 11.7. The van der Waals surface area contributed by atoms with Crippen molar-refractivity contribution in [2.45, 2.75) is 90.3 Å². The molecule has 0 aliphatic heterocycles. The lowest BCUT2D eigenvalue weighted by molar-refractivity contribution is -0.250. The third kappa shape index (κ3) is 3.14. The lowest BCUT2D eigenvalue weighted by atomic mass is 9.43. The number of esters is 1. The number of methoxy groups -OCH3 is 1. The first kappa shape index (κ1) is 22.4. The van der Waals surface area contributed by atoms with E-state index in [1.807, 2.05) is 13.8 Å². The van der Waals surface area contributed by atoms with E-state index in [1.165, 1.54) is 7.11 Å². The van der Waals surface area contributed by atoms with Crippen LogP contribution >= 0.6 is 0 Å². The fourth-order valence-corrected chi connectivity index (χ4v) is 8.60. The molecule has 0 heterocycles. The lowest BCUT2D eigenvalue weighted by Crippen LogP contribution is -2.63. The van der Waals surface area contributed by atoms with Crippen LogP contribution in [0.5, 0.6) is 0 Å². The third-order valence-electron chi connectivity index (χ3n) is 10.2. The zero-order valence-corrected chi connectivity index (χ0v) is 18.7. The Bertz CT molecular complexity index is 685. The number of aliphatic hydroxyl groups excluding tert-OH is 1. The van der Waals surface area contributed by atoms with Gasteiger partial charge in [0, 0.05) is 24.7 Å². The van der Waals surface area contributed by atoms with Crippen molar-refractivity contribution >= 4 is 5.97 Å². The maximum absolute atomic E-state index is 15.7. The molecule has 4 aliphatic rings. The highest BCUT2D eigenvalue weighted by molar-refractivity contribution is 5.69. The summed E-state index contributed by atoms with van der Waals surface area (Å²) in [4.78, 5) is 11.8. The van der Waals surface area contributed by atoms with Crippen LogP contribution in [0.25, 0.3) is 0 Å². The molecule has 1 N–H and O–H groups in total. The number of alkyl halides is 3. The molecular formula is C24H37F3O3. The number of carbonyl (C=O) groups excluding carboxylic acids is 1. The van der Waals surface area contributed by atoms with Gasteiger partial charge in [0.1, 0.15) is 6.17 Å². The summed E-state index contributed by atoms with van der Waals surface area (Å²) in [5.74, 6) is -4.62. The van der Waals surface area contributed by atoms with E-state index >= 15 is 8.78 Å². The highest BCUT2D eigenvalue weighted by Gasteiger charge is 2.69. The summed E-state index contributed by atoms with van der Waals surface area (Å²) in [5.41, 5.74) is -0.688. The van der Waals surface area contributed by atoms with E-state index in [4.69, 9.17) is 4.74 Å². The smallest absolute Gasteiger partial charge is 0.305 e. The van der Waals surface area contributed by atoms with Crippen LogP contribution in [0, 0.1) is 46.3 Å². The maximum atomic E-state index is 15.7. The van der Waals surface area contributed by atoms with Gasteiger partial charge >= 0.3 is 5.97 Å². The van der Waals surface area contributed by atoms with Gasteiger partial charge in [-0.2, -0.15) is 0 Å². The Morgan fingerprint density at radius 3 is 2.37 bits per heavy atom. The van der Waals surface area contributed by atoms with Gasteiger partial charge in [0.15, 0.2) is 0 Å². The highest BCUT2D eigenvalue weighted by atomic mass is 19.3. The molecule has 0 saturated heterocycles. The zero-order valence-electron chi connectivity index (χ0n) is 18.7. The molecule has 0 aromatic carbocycles. The number of rotatable bonds is 3. The van der Waals surface area contributed by atoms with Gasteiger partial charge in [-0.05, 0) is 73.0 Å². The SMILES string of the molecule is COC(=O)C[C@@H](C)[C@H]1CCC2C3C(CC[C@@]21C)[C@@]1(C)CC[C@@H](O)[C@H](F)[C@H]1CC3(F)F. The summed E-state index contributed by atoms with van der Waals surface area (Å²) >= 11 is 0. The number of hydrogen-bond donors (Lipinski definition) is 1. The van der Waals surface area contributed by atoms with Crippen LogP contribution in [0.3, 0.4) is 0 Å². The van der Waals surface area contributed by atoms with Crippen molar-refractivity contribution in [1.29, 1.82) is 0 Å². The maximum Gasteiger partial charge on any atom is 0.305 e. The molecule has 4 fully saturated rings. The van der Waals surface area contributed by atoms with E-state index in [0.717, 1.165) is 19.3 Å². The van der Waals surface area contributed by atoms with Crippen LogP contribution in [0.1, 0.15) is 72.1 Å². The van der Waals surface area contributed by atoms with Crippen molar-refractivity contribution in [2.24, 2.45) is 46.3 Å². The summed E-state index contributed by atoms with van der Waals surface area (Å²) in [5, 5.41) is 10.0. The molecule has 0 amide bonds. The molecule has 4 aliphatic carbocycles. The van der Waals surface area contributed by atoms with E-state index in [-0.39, 0.29) is 35.1 Å². The second kappa shape index (κ2) is 7.38. The minimum atomic E-state index is -2.91. The fourth-order valence-electron chi connectivity index (χ4n) is 8.60. The minimum Gasteiger partial charge on any atom is -0.469 e. The Labute approximate surface area is 178 Å². The molecule has 6 heteroatoms. The summed E-state index contributed by atoms with van der Waals surface area (Å²) in [6.07, 6.45) is 1.37. The third-order valence-corrected chi connectivity index (χ3v) is 10.2. The second-order valence-corrected chi connectivity index (χ2v) is 11.4. The van der Waals surface area contributed by atoms with Gasteiger partial charge in [0.2, 0.25) is 0 Å². The average molecular weight is 431 g/mol. The topological polar surface area (TPSA) is 46.5 Å². The zero-order chi connectivity index (χ0) is 22.1. The Morgan fingerprint density at radius 1 is 1.07 bits per heavy atom. The van der Waals surface area contributed by atoms with E-state index in [9.17, 15) is 14.3 Å². The number of ether oxygens (including phenoxy) is 1. The van der Waals surface area contributed by atoms with Gasteiger partial charge in [-0.3, -0.25) is 4.79 Å². The van der Waals surface area contributed by atoms with E-state index in [1.54, 1.807) is 0 Å². The van der Waals surface area contributed by atoms with E-state index < -0.39 is 41.9 Å². The molecule has 0 bridgehead atoms. The molecule has 0 aromatic heterocycles. The normalized spacial score (nSPS) is 50.7. The van der Waals surface area contributed by atoms with Crippen LogP contribution in [0.15, 0.2) is 0 Å². The number of hydrogen-bond acceptors (Lipinski definition) is 3. The van der Waals surface area contributed by atoms with Crippen molar-refractivity contribution < 1.29 is 27.8 Å². The Hall–Kier alpha value is -0.780. The molecule has 3 unspecified atom stereocenters. The number of halogens is 3. The predicted octanol–water partition coefficient (Wildman–Crippen LogP) is 5.40. The van der Waals surface area contributed by atoms with Crippen molar-refractivity contribution in [3.8, 4) is 0 Å². The van der Waals surface area contributed by atoms with Gasteiger partial charge in [-0.15, -0.1) is 0 Å². The first-order chi connectivity index (χ1) is 14.0. The Morgan fingerprint density at radius 2 is 1.70 bits per heavy atom. The first-order valence-electron chi connectivity index (χ1n) is 11.7. The number of carbonyl (C=O) groups is 1. The summed E-state index contributed by atoms with van der Waals surface area (Å²) < 4.78 is 51.1. The van der Waals surface area contributed by atoms with Crippen LogP contribution in [-0.4, -0.2) is 36.4 Å². The molecule has 0 aromatic rings. The minimum absolute atomic E-state index is 0.0981. The molecule has 10 atom stereocenters. The van der Waals surface area contributed by atoms with Gasteiger partial charge in [-0.1, -0.05) is 20.8 Å². The molecule has 4 rings (SSSR count). The lowest BCUT2D eigenvalue weighted by Gasteiger charge is -2.63. The van der Waals surface area contributed by atoms with Crippen molar-refractivity contribution in [1.82, 2.24) is 0 Å². The number of aliphatic hydroxyl groups is 1. The van der Waals surface area contributed by atoms with Crippen molar-refractivity contribution in [2.75, 3.05) is 7.11 Å². The van der Waals surface area contributed by atoms with E-state index in [0.29, 0.717) is 25.7 Å². The van der Waals surface area contributed by atoms with Gasteiger partial charge in [0.05, 0.1) is 13.2 Å². The average Bonchev–Trinajstić information content (AvgIpc) is 3.03. The molecule has 172 valence electrons. The van der Waals surface area contributed by atoms with Gasteiger partial charge in [0.25, 0.3) is 5.92 Å². The largest absolute Gasteiger partial charge is 0.469 e. The van der Waals surface area contributed by atoms with E-state index in [2.05, 4.69) is 6.92 Å². The van der Waals surface area contributed by atoms with Crippen molar-refractivity contribution in [3.63, 3.8) is 0 Å². The van der Waals surface area contributed by atoms with Crippen LogP contribution in [0.4, 0.5) is 13.2 Å². The van der Waals surface area contributed by atoms with Crippen LogP contribution in [0.2, 0.25) is 0 Å². The van der Waals surface area contributed by atoms with Crippen LogP contribution < -0.4 is 0 Å². The van der Waals surface area contributed by atoms with Gasteiger partial charge in [-0.25, -0.2) is 13.2 Å². The monoisotopic (exact) mass is 430 g/mol. The predicted molar refractivity (Wildman–Crippen MR) is 108 cm³/mol. The molecule has 4 saturated carbocycles. The summed E-state index contributed by atoms with van der Waals surface area (Å²) in [7, 11) is 1.39. The quantitative estimate of drug-likeness (QED) is 0.610. The van der Waals surface area contributed by atoms with Gasteiger partial charge < -0.3 is 9.84 Å². The molecular weight excluding hydrogens is 393 g/mol. The standard InChI is InChI=1S/C24H37F3O3/c1-13(11-19(29)30-4)14-5-6-15-20-16(7-9-22(14,15)2)23(3)10-8-18(28)21(25)17(23)12-24(20,26)27/h13-18,20-21,28H,5-12H2,1-4H3/t13-,14-,15?,16?,17-,18-,20?,21-,22-,23-/m1/s1. The van der Waals surface area contributed by atoms with Crippen molar-refractivity contribution in [3.05, 3.63) is 0 Å². The Balaban J connectivity index is 1.64. The molecule has 0 radical (unpaired) electrons. The second-order valence-electron chi connectivity index (χ2n) is 11.4. The Kier molecular flexibility index (Phi) is 5.52. The molecule has 0 spiro atoms. The van der Waals surface area contributed by atoms with Crippen LogP contribution in [-0.2, 0) is 9.53 Å². The summed E-state index contributed by atoms with van der Waals surface area (Å²) in [6, 6.07) is 0. The molecule has 3 nitrogen and oxygen atoms in total.